The molecule has 0 aliphatic carbocycles. The van der Waals surface area contributed by atoms with Crippen LogP contribution in [0.3, 0.4) is 0 Å². The molecule has 0 radical (unpaired) electrons. The van der Waals surface area contributed by atoms with Gasteiger partial charge in [-0.1, -0.05) is 25.1 Å². The number of benzene rings is 1. The molecule has 6 heteroatoms. The summed E-state index contributed by atoms with van der Waals surface area (Å²) < 4.78 is 0. The molecule has 2 aromatic rings. The van der Waals surface area contributed by atoms with Crippen molar-refractivity contribution in [2.24, 2.45) is 5.73 Å². The quantitative estimate of drug-likeness (QED) is 0.731. The van der Waals surface area contributed by atoms with Crippen molar-refractivity contribution >= 4 is 22.9 Å². The van der Waals surface area contributed by atoms with Crippen molar-refractivity contribution < 1.29 is 4.79 Å². The van der Waals surface area contributed by atoms with Crippen LogP contribution < -0.4 is 16.4 Å². The lowest BCUT2D eigenvalue weighted by atomic mass is 10.1. The van der Waals surface area contributed by atoms with Crippen LogP contribution in [-0.2, 0) is 13.0 Å². The number of hydrogen-bond acceptors (Lipinski definition) is 5. The van der Waals surface area contributed by atoms with Gasteiger partial charge in [0.1, 0.15) is 5.69 Å². The van der Waals surface area contributed by atoms with E-state index in [9.17, 15) is 4.79 Å². The summed E-state index contributed by atoms with van der Waals surface area (Å²) in [6.45, 7) is 4.20. The van der Waals surface area contributed by atoms with E-state index in [0.717, 1.165) is 29.3 Å². The first kappa shape index (κ1) is 15.6. The van der Waals surface area contributed by atoms with Crippen LogP contribution in [0.25, 0.3) is 0 Å². The van der Waals surface area contributed by atoms with Crippen LogP contribution in [0, 0.1) is 0 Å². The number of aromatic nitrogens is 1. The van der Waals surface area contributed by atoms with E-state index < -0.39 is 0 Å². The lowest BCUT2D eigenvalue weighted by Gasteiger charge is -2.10. The minimum absolute atomic E-state index is 0.182. The average Bonchev–Trinajstić information content (AvgIpc) is 2.95. The van der Waals surface area contributed by atoms with E-state index in [0.29, 0.717) is 18.7 Å². The van der Waals surface area contributed by atoms with Crippen LogP contribution in [-0.4, -0.2) is 24.0 Å². The molecule has 5 nitrogen and oxygen atoms in total. The Morgan fingerprint density at radius 2 is 2.19 bits per heavy atom. The zero-order valence-electron chi connectivity index (χ0n) is 12.1. The standard InChI is InChI=1S/C15H20N4OS/c1-2-17-9-11-5-3-4-6-12(11)19-15(20)13-10-21-14(18-13)7-8-16/h3-6,10,17H,2,7-9,16H2,1H3,(H,19,20). The topological polar surface area (TPSA) is 80.0 Å². The summed E-state index contributed by atoms with van der Waals surface area (Å²) >= 11 is 1.47. The van der Waals surface area contributed by atoms with Crippen molar-refractivity contribution in [1.82, 2.24) is 10.3 Å². The van der Waals surface area contributed by atoms with Crippen LogP contribution in [0.15, 0.2) is 29.6 Å². The maximum atomic E-state index is 12.2. The molecule has 0 saturated heterocycles. The number of anilines is 1. The lowest BCUT2D eigenvalue weighted by Crippen LogP contribution is -2.17. The zero-order chi connectivity index (χ0) is 15.1. The summed E-state index contributed by atoms with van der Waals surface area (Å²) in [6, 6.07) is 7.77. The van der Waals surface area contributed by atoms with E-state index in [4.69, 9.17) is 5.73 Å². The predicted molar refractivity (Wildman–Crippen MR) is 86.6 cm³/mol. The molecule has 112 valence electrons. The van der Waals surface area contributed by atoms with Crippen molar-refractivity contribution in [3.8, 4) is 0 Å². The van der Waals surface area contributed by atoms with Gasteiger partial charge in [-0.15, -0.1) is 11.3 Å². The van der Waals surface area contributed by atoms with Crippen molar-refractivity contribution in [2.45, 2.75) is 19.9 Å². The minimum atomic E-state index is -0.182. The van der Waals surface area contributed by atoms with Gasteiger partial charge in [0.2, 0.25) is 0 Å². The van der Waals surface area contributed by atoms with Crippen molar-refractivity contribution in [3.63, 3.8) is 0 Å². The van der Waals surface area contributed by atoms with Crippen LogP contribution in [0.4, 0.5) is 5.69 Å². The minimum Gasteiger partial charge on any atom is -0.330 e. The second-order valence-corrected chi connectivity index (χ2v) is 5.50. The second-order valence-electron chi connectivity index (χ2n) is 4.56. The summed E-state index contributed by atoms with van der Waals surface area (Å²) in [4.78, 5) is 16.5. The first-order valence-electron chi connectivity index (χ1n) is 6.99. The number of nitrogens with zero attached hydrogens (tertiary/aromatic N) is 1. The zero-order valence-corrected chi connectivity index (χ0v) is 12.9. The average molecular weight is 304 g/mol. The van der Waals surface area contributed by atoms with E-state index in [1.54, 1.807) is 5.38 Å². The molecule has 0 spiro atoms. The number of nitrogens with two attached hydrogens (primary N) is 1. The fourth-order valence-electron chi connectivity index (χ4n) is 1.90. The maximum absolute atomic E-state index is 12.2. The Balaban J connectivity index is 2.07. The van der Waals surface area contributed by atoms with Gasteiger partial charge in [-0.2, -0.15) is 0 Å². The normalized spacial score (nSPS) is 10.6. The third-order valence-corrected chi connectivity index (χ3v) is 3.88. The van der Waals surface area contributed by atoms with Gasteiger partial charge in [0.05, 0.1) is 5.01 Å². The molecule has 0 bridgehead atoms. The molecule has 1 aromatic heterocycles. The van der Waals surface area contributed by atoms with Crippen LogP contribution in [0.2, 0.25) is 0 Å². The summed E-state index contributed by atoms with van der Waals surface area (Å²) in [7, 11) is 0. The number of thiazole rings is 1. The van der Waals surface area contributed by atoms with Gasteiger partial charge in [0.15, 0.2) is 0 Å². The van der Waals surface area contributed by atoms with Crippen LogP contribution >= 0.6 is 11.3 Å². The fraction of sp³-hybridized carbons (Fsp3) is 0.333. The smallest absolute Gasteiger partial charge is 0.275 e. The van der Waals surface area contributed by atoms with Gasteiger partial charge < -0.3 is 16.4 Å². The number of carbonyl (C=O) groups is 1. The Morgan fingerprint density at radius 3 is 2.95 bits per heavy atom. The van der Waals surface area contributed by atoms with E-state index in [1.165, 1.54) is 11.3 Å². The van der Waals surface area contributed by atoms with Crippen LogP contribution in [0.1, 0.15) is 28.0 Å². The van der Waals surface area contributed by atoms with Crippen molar-refractivity contribution in [3.05, 3.63) is 45.9 Å². The molecule has 0 saturated carbocycles. The largest absolute Gasteiger partial charge is 0.330 e. The molecule has 4 N–H and O–H groups in total. The number of hydrogen-bond donors (Lipinski definition) is 3. The molecule has 1 aromatic carbocycles. The molecule has 1 amide bonds. The van der Waals surface area contributed by atoms with Gasteiger partial charge in [-0.25, -0.2) is 4.98 Å². The van der Waals surface area contributed by atoms with Crippen molar-refractivity contribution in [2.75, 3.05) is 18.4 Å². The molecule has 0 atom stereocenters. The number of nitrogens with one attached hydrogen (secondary N) is 2. The number of rotatable bonds is 7. The highest BCUT2D eigenvalue weighted by molar-refractivity contribution is 7.09. The Bertz CT molecular complexity index is 597. The fourth-order valence-corrected chi connectivity index (χ4v) is 2.69. The maximum Gasteiger partial charge on any atom is 0.275 e. The number of carbonyl (C=O) groups excluding carboxylic acids is 1. The third-order valence-electron chi connectivity index (χ3n) is 2.97. The first-order valence-corrected chi connectivity index (χ1v) is 7.87. The Kier molecular flexibility index (Phi) is 5.86. The SMILES string of the molecule is CCNCc1ccccc1NC(=O)c1csc(CCN)n1. The highest BCUT2D eigenvalue weighted by atomic mass is 32.1. The summed E-state index contributed by atoms with van der Waals surface area (Å²) in [5, 5.41) is 8.85. The third kappa shape index (κ3) is 4.35. The van der Waals surface area contributed by atoms with Crippen molar-refractivity contribution in [1.29, 1.82) is 0 Å². The van der Waals surface area contributed by atoms with Gasteiger partial charge in [0, 0.05) is 24.0 Å². The predicted octanol–water partition coefficient (Wildman–Crippen LogP) is 2.01. The molecular weight excluding hydrogens is 284 g/mol. The monoisotopic (exact) mass is 304 g/mol. The van der Waals surface area contributed by atoms with Gasteiger partial charge >= 0.3 is 0 Å². The number of amides is 1. The van der Waals surface area contributed by atoms with Gasteiger partial charge in [-0.3, -0.25) is 4.79 Å². The van der Waals surface area contributed by atoms with Gasteiger partial charge in [-0.05, 0) is 24.7 Å². The van der Waals surface area contributed by atoms with E-state index >= 15 is 0 Å². The summed E-state index contributed by atoms with van der Waals surface area (Å²) in [6.07, 6.45) is 0.703. The lowest BCUT2D eigenvalue weighted by molar-refractivity contribution is 0.102. The molecule has 0 fully saturated rings. The molecule has 0 unspecified atom stereocenters. The highest BCUT2D eigenvalue weighted by Crippen LogP contribution is 2.17. The second kappa shape index (κ2) is 7.87. The van der Waals surface area contributed by atoms with E-state index in [-0.39, 0.29) is 5.91 Å². The van der Waals surface area contributed by atoms with E-state index in [2.05, 4.69) is 22.5 Å². The molecule has 0 aliphatic heterocycles. The first-order chi connectivity index (χ1) is 10.2. The molecule has 0 aliphatic rings. The molecule has 21 heavy (non-hydrogen) atoms. The molecule has 2 rings (SSSR count). The Hall–Kier alpha value is -1.76. The van der Waals surface area contributed by atoms with Crippen LogP contribution in [0.5, 0.6) is 0 Å². The number of para-hydroxylation sites is 1. The summed E-state index contributed by atoms with van der Waals surface area (Å²) in [5.41, 5.74) is 7.82. The summed E-state index contributed by atoms with van der Waals surface area (Å²) in [5.74, 6) is -0.182. The Morgan fingerprint density at radius 1 is 1.38 bits per heavy atom. The molecular formula is C15H20N4OS. The van der Waals surface area contributed by atoms with E-state index in [1.807, 2.05) is 24.3 Å². The molecule has 1 heterocycles. The Labute approximate surface area is 128 Å². The highest BCUT2D eigenvalue weighted by Gasteiger charge is 2.12. The van der Waals surface area contributed by atoms with Gasteiger partial charge in [0.25, 0.3) is 5.91 Å².